The molecule has 0 saturated carbocycles. The number of hydrogen-bond acceptors (Lipinski definition) is 4. The van der Waals surface area contributed by atoms with Gasteiger partial charge in [0.1, 0.15) is 0 Å². The molecule has 2 heterocycles. The Morgan fingerprint density at radius 1 is 1.19 bits per heavy atom. The van der Waals surface area contributed by atoms with Crippen LogP contribution in [-0.4, -0.2) is 72.6 Å². The number of carboxylic acids is 1. The lowest BCUT2D eigenvalue weighted by Crippen LogP contribution is -2.37. The fraction of sp³-hybridized carbons (Fsp3) is 0.600. The molecule has 27 heavy (non-hydrogen) atoms. The smallest absolute Gasteiger partial charge is 0.317 e. The summed E-state index contributed by atoms with van der Waals surface area (Å²) in [7, 11) is 1.89. The molecular weight excluding hydrogens is 366 g/mol. The quantitative estimate of drug-likeness (QED) is 0.800. The summed E-state index contributed by atoms with van der Waals surface area (Å²) in [6, 6.07) is 8.48. The molecule has 7 heteroatoms. The highest BCUT2D eigenvalue weighted by Gasteiger charge is 2.25. The zero-order valence-electron chi connectivity index (χ0n) is 16.0. The summed E-state index contributed by atoms with van der Waals surface area (Å²) in [5.74, 6) is -0.566. The Labute approximate surface area is 167 Å². The van der Waals surface area contributed by atoms with Crippen molar-refractivity contribution in [3.8, 4) is 0 Å². The Morgan fingerprint density at radius 2 is 1.96 bits per heavy atom. The van der Waals surface area contributed by atoms with Crippen LogP contribution >= 0.6 is 12.4 Å². The summed E-state index contributed by atoms with van der Waals surface area (Å²) in [6.07, 6.45) is 4.53. The fourth-order valence-electron chi connectivity index (χ4n) is 4.13. The van der Waals surface area contributed by atoms with Gasteiger partial charge in [-0.15, -0.1) is 12.4 Å². The van der Waals surface area contributed by atoms with Gasteiger partial charge in [0.15, 0.2) is 0 Å². The third-order valence-electron chi connectivity index (χ3n) is 5.63. The molecule has 1 atom stereocenters. The van der Waals surface area contributed by atoms with Crippen molar-refractivity contribution in [2.75, 3.05) is 44.7 Å². The minimum absolute atomic E-state index is 0. The van der Waals surface area contributed by atoms with Gasteiger partial charge in [-0.05, 0) is 57.5 Å². The van der Waals surface area contributed by atoms with Crippen LogP contribution in [0.4, 0.5) is 5.69 Å². The monoisotopic (exact) mass is 395 g/mol. The van der Waals surface area contributed by atoms with Crippen LogP contribution in [-0.2, 0) is 16.0 Å². The highest BCUT2D eigenvalue weighted by molar-refractivity contribution is 5.95. The first kappa shape index (κ1) is 21.7. The molecule has 1 N–H and O–H groups in total. The van der Waals surface area contributed by atoms with E-state index in [2.05, 4.69) is 11.0 Å². The molecule has 1 aromatic carbocycles. The van der Waals surface area contributed by atoms with Crippen molar-refractivity contribution in [3.05, 3.63) is 29.8 Å². The van der Waals surface area contributed by atoms with Crippen molar-refractivity contribution in [1.82, 2.24) is 9.80 Å². The highest BCUT2D eigenvalue weighted by Crippen LogP contribution is 2.28. The maximum atomic E-state index is 12.7. The summed E-state index contributed by atoms with van der Waals surface area (Å²) in [5.41, 5.74) is 2.34. The van der Waals surface area contributed by atoms with E-state index in [0.29, 0.717) is 12.5 Å². The fourth-order valence-corrected chi connectivity index (χ4v) is 4.13. The topological polar surface area (TPSA) is 64.1 Å². The number of hydrogen-bond donors (Lipinski definition) is 1. The number of carbonyl (C=O) groups is 2. The van der Waals surface area contributed by atoms with E-state index in [9.17, 15) is 9.59 Å². The second-order valence-electron chi connectivity index (χ2n) is 7.41. The number of anilines is 1. The molecule has 0 spiro atoms. The van der Waals surface area contributed by atoms with Crippen molar-refractivity contribution >= 4 is 30.0 Å². The molecule has 1 aromatic rings. The molecule has 1 fully saturated rings. The van der Waals surface area contributed by atoms with Crippen LogP contribution in [0.15, 0.2) is 24.3 Å². The number of amides is 1. The Kier molecular flexibility index (Phi) is 8.07. The number of likely N-dealkylation sites (N-methyl/N-ethyl adjacent to an activating group) is 1. The molecular formula is C20H30ClN3O3. The second-order valence-corrected chi connectivity index (χ2v) is 7.41. The van der Waals surface area contributed by atoms with Gasteiger partial charge in [0.05, 0.1) is 6.54 Å². The van der Waals surface area contributed by atoms with E-state index in [1.807, 2.05) is 35.0 Å². The average molecular weight is 396 g/mol. The minimum Gasteiger partial charge on any atom is -0.480 e. The van der Waals surface area contributed by atoms with E-state index in [4.69, 9.17) is 5.11 Å². The molecule has 150 valence electrons. The van der Waals surface area contributed by atoms with Gasteiger partial charge in [-0.2, -0.15) is 0 Å². The van der Waals surface area contributed by atoms with Crippen LogP contribution in [0, 0.1) is 0 Å². The first-order valence-corrected chi connectivity index (χ1v) is 9.57. The second kappa shape index (κ2) is 10.1. The highest BCUT2D eigenvalue weighted by atomic mass is 35.5. The van der Waals surface area contributed by atoms with E-state index < -0.39 is 5.97 Å². The van der Waals surface area contributed by atoms with Crippen LogP contribution < -0.4 is 4.90 Å². The molecule has 0 bridgehead atoms. The van der Waals surface area contributed by atoms with E-state index in [1.165, 1.54) is 5.56 Å². The van der Waals surface area contributed by atoms with E-state index in [1.54, 1.807) is 0 Å². The van der Waals surface area contributed by atoms with Crippen molar-refractivity contribution in [2.24, 2.45) is 0 Å². The van der Waals surface area contributed by atoms with E-state index in [-0.39, 0.29) is 24.9 Å². The van der Waals surface area contributed by atoms with Crippen LogP contribution in [0.2, 0.25) is 0 Å². The van der Waals surface area contributed by atoms with Gasteiger partial charge in [-0.1, -0.05) is 18.2 Å². The number of aliphatic carboxylic acids is 1. The number of carboxylic acid groups (broad SMARTS) is 1. The first-order valence-electron chi connectivity index (χ1n) is 9.57. The zero-order valence-corrected chi connectivity index (χ0v) is 16.8. The molecule has 6 nitrogen and oxygen atoms in total. The number of halogens is 1. The number of fused-ring (bicyclic) bond motifs is 1. The molecule has 3 rings (SSSR count). The number of rotatable bonds is 6. The van der Waals surface area contributed by atoms with Gasteiger partial charge in [-0.25, -0.2) is 0 Å². The van der Waals surface area contributed by atoms with Gasteiger partial charge in [0.25, 0.3) is 0 Å². The van der Waals surface area contributed by atoms with Crippen molar-refractivity contribution in [2.45, 2.75) is 38.1 Å². The Balaban J connectivity index is 0.00000261. The third kappa shape index (κ3) is 5.67. The predicted octanol–water partition coefficient (Wildman–Crippen LogP) is 2.26. The number of nitrogens with zero attached hydrogens (tertiary/aromatic N) is 3. The van der Waals surface area contributed by atoms with Crippen LogP contribution in [0.5, 0.6) is 0 Å². The normalized spacial score (nSPS) is 20.1. The van der Waals surface area contributed by atoms with Crippen LogP contribution in [0.25, 0.3) is 0 Å². The van der Waals surface area contributed by atoms with Crippen molar-refractivity contribution in [3.63, 3.8) is 0 Å². The average Bonchev–Trinajstić information content (AvgIpc) is 2.90. The molecule has 1 unspecified atom stereocenters. The van der Waals surface area contributed by atoms with Gasteiger partial charge in [-0.3, -0.25) is 14.5 Å². The molecule has 0 aromatic heterocycles. The summed E-state index contributed by atoms with van der Waals surface area (Å²) in [5, 5.41) is 8.96. The third-order valence-corrected chi connectivity index (χ3v) is 5.63. The molecule has 0 aliphatic carbocycles. The summed E-state index contributed by atoms with van der Waals surface area (Å²) in [6.45, 7) is 3.59. The van der Waals surface area contributed by atoms with Crippen LogP contribution in [0.3, 0.4) is 0 Å². The number of likely N-dealkylation sites (tertiary alicyclic amines) is 1. The standard InChI is InChI=1S/C20H29N3O3.ClH/c1-21(15-20(25)26)17-6-4-11-22(12-9-17)13-10-19(24)23-14-8-16-5-2-3-7-18(16)23;/h2-3,5,7,17H,4,6,8-15H2,1H3,(H,25,26);1H. The van der Waals surface area contributed by atoms with Crippen LogP contribution in [0.1, 0.15) is 31.2 Å². The van der Waals surface area contributed by atoms with Gasteiger partial charge in [0.2, 0.25) is 5.91 Å². The summed E-state index contributed by atoms with van der Waals surface area (Å²) >= 11 is 0. The lowest BCUT2D eigenvalue weighted by molar-refractivity contribution is -0.138. The van der Waals surface area contributed by atoms with Gasteiger partial charge >= 0.3 is 5.97 Å². The number of para-hydroxylation sites is 1. The van der Waals surface area contributed by atoms with E-state index in [0.717, 1.165) is 57.5 Å². The molecule has 1 saturated heterocycles. The largest absolute Gasteiger partial charge is 0.480 e. The Hall–Kier alpha value is -1.63. The summed E-state index contributed by atoms with van der Waals surface area (Å²) in [4.78, 5) is 29.8. The molecule has 0 radical (unpaired) electrons. The molecule has 1 amide bonds. The number of benzene rings is 1. The Morgan fingerprint density at radius 3 is 2.74 bits per heavy atom. The van der Waals surface area contributed by atoms with E-state index >= 15 is 0 Å². The summed E-state index contributed by atoms with van der Waals surface area (Å²) < 4.78 is 0. The maximum Gasteiger partial charge on any atom is 0.317 e. The Bertz CT molecular complexity index is 655. The molecule has 2 aliphatic heterocycles. The predicted molar refractivity (Wildman–Crippen MR) is 109 cm³/mol. The van der Waals surface area contributed by atoms with Crippen molar-refractivity contribution < 1.29 is 14.7 Å². The maximum absolute atomic E-state index is 12.7. The lowest BCUT2D eigenvalue weighted by Gasteiger charge is -2.26. The van der Waals surface area contributed by atoms with Crippen molar-refractivity contribution in [1.29, 1.82) is 0 Å². The lowest BCUT2D eigenvalue weighted by atomic mass is 10.1. The van der Waals surface area contributed by atoms with Gasteiger partial charge in [0, 0.05) is 31.2 Å². The SMILES string of the molecule is CN(CC(=O)O)C1CCCN(CCC(=O)N2CCc3ccccc32)CC1.Cl. The zero-order chi connectivity index (χ0) is 18.5. The first-order chi connectivity index (χ1) is 12.5. The molecule has 2 aliphatic rings. The minimum atomic E-state index is -0.773. The van der Waals surface area contributed by atoms with Gasteiger partial charge < -0.3 is 14.9 Å². The number of carbonyl (C=O) groups excluding carboxylic acids is 1.